The Balaban J connectivity index is 2.21. The second kappa shape index (κ2) is 4.34. The zero-order valence-corrected chi connectivity index (χ0v) is 11.2. The average molecular weight is 257 g/mol. The Morgan fingerprint density at radius 1 is 1.11 bits per heavy atom. The lowest BCUT2D eigenvalue weighted by Crippen LogP contribution is -2.07. The molecule has 1 N–H and O–H groups in total. The molecule has 2 aromatic rings. The molecule has 0 amide bonds. The molecule has 1 aliphatic rings. The first-order valence-electron chi connectivity index (χ1n) is 5.96. The summed E-state index contributed by atoms with van der Waals surface area (Å²) in [5.41, 5.74) is 4.24. The second-order valence-electron chi connectivity index (χ2n) is 4.59. The van der Waals surface area contributed by atoms with Crippen molar-refractivity contribution in [3.8, 4) is 0 Å². The molecule has 1 heterocycles. The van der Waals surface area contributed by atoms with Crippen LogP contribution in [-0.2, 0) is 0 Å². The number of benzene rings is 2. The van der Waals surface area contributed by atoms with Gasteiger partial charge in [-0.1, -0.05) is 30.3 Å². The first-order valence-corrected chi connectivity index (χ1v) is 6.73. The fourth-order valence-corrected chi connectivity index (χ4v) is 3.40. The lowest BCUT2D eigenvalue weighted by Gasteiger charge is -2.18. The summed E-state index contributed by atoms with van der Waals surface area (Å²) in [7, 11) is 2.04. The highest BCUT2D eigenvalue weighted by molar-refractivity contribution is 8.00. The van der Waals surface area contributed by atoms with Crippen LogP contribution in [-0.4, -0.2) is 12.2 Å². The van der Waals surface area contributed by atoms with E-state index >= 15 is 0 Å². The van der Waals surface area contributed by atoms with Crippen molar-refractivity contribution in [2.24, 2.45) is 0 Å². The fraction of sp³-hybridized carbons (Fsp3) is 0.200. The number of anilines is 1. The maximum Gasteiger partial charge on any atom is 0.107 e. The van der Waals surface area contributed by atoms with Gasteiger partial charge < -0.3 is 9.41 Å². The molecular formula is C15H15NOS. The number of hydrogen-bond acceptors (Lipinski definition) is 3. The fourth-order valence-electron chi connectivity index (χ4n) is 2.32. The van der Waals surface area contributed by atoms with E-state index in [9.17, 15) is 5.11 Å². The Kier molecular flexibility index (Phi) is 2.80. The normalized spacial score (nSPS) is 17.9. The number of aryl methyl sites for hydroxylation is 1. The number of nitrogens with zero attached hydrogens (tertiary/aromatic N) is 1. The Hall–Kier alpha value is -1.45. The van der Waals surface area contributed by atoms with Crippen LogP contribution < -0.4 is 4.31 Å². The molecule has 0 radical (unpaired) electrons. The molecule has 18 heavy (non-hydrogen) atoms. The minimum absolute atomic E-state index is 0.547. The zero-order chi connectivity index (χ0) is 12.7. The summed E-state index contributed by atoms with van der Waals surface area (Å²) >= 11 is 1.67. The number of aliphatic hydroxyl groups is 1. The van der Waals surface area contributed by atoms with Gasteiger partial charge in [-0.15, -0.1) is 0 Å². The molecule has 2 nitrogen and oxygen atoms in total. The van der Waals surface area contributed by atoms with Crippen molar-refractivity contribution in [3.05, 3.63) is 59.2 Å². The lowest BCUT2D eigenvalue weighted by atomic mass is 9.99. The molecule has 3 rings (SSSR count). The van der Waals surface area contributed by atoms with Crippen LogP contribution in [0.1, 0.15) is 22.8 Å². The van der Waals surface area contributed by atoms with Gasteiger partial charge >= 0.3 is 0 Å². The van der Waals surface area contributed by atoms with Crippen molar-refractivity contribution in [1.29, 1.82) is 0 Å². The van der Waals surface area contributed by atoms with Crippen LogP contribution in [0.15, 0.2) is 47.4 Å². The molecule has 2 aromatic carbocycles. The summed E-state index contributed by atoms with van der Waals surface area (Å²) in [6.07, 6.45) is -0.547. The maximum atomic E-state index is 10.6. The van der Waals surface area contributed by atoms with Gasteiger partial charge in [0.1, 0.15) is 6.10 Å². The van der Waals surface area contributed by atoms with Crippen molar-refractivity contribution < 1.29 is 5.11 Å². The minimum atomic E-state index is -0.547. The van der Waals surface area contributed by atoms with Gasteiger partial charge in [0, 0.05) is 23.1 Å². The SMILES string of the molecule is Cc1ccc2c(c1)SN(C)c1ccccc1C2O. The van der Waals surface area contributed by atoms with Crippen molar-refractivity contribution in [1.82, 2.24) is 0 Å². The van der Waals surface area contributed by atoms with Gasteiger partial charge in [-0.3, -0.25) is 0 Å². The molecule has 0 fully saturated rings. The van der Waals surface area contributed by atoms with Gasteiger partial charge in [0.25, 0.3) is 0 Å². The number of fused-ring (bicyclic) bond motifs is 2. The molecule has 0 spiro atoms. The third kappa shape index (κ3) is 1.80. The standard InChI is InChI=1S/C15H15NOS/c1-10-7-8-12-14(9-10)18-16(2)13-6-4-3-5-11(13)15(12)17/h3-9,15,17H,1-2H3. The average Bonchev–Trinajstić information content (AvgIpc) is 2.47. The van der Waals surface area contributed by atoms with E-state index in [1.54, 1.807) is 11.9 Å². The Morgan fingerprint density at radius 2 is 1.89 bits per heavy atom. The second-order valence-corrected chi connectivity index (χ2v) is 5.76. The highest BCUT2D eigenvalue weighted by Crippen LogP contribution is 2.42. The highest BCUT2D eigenvalue weighted by Gasteiger charge is 2.24. The minimum Gasteiger partial charge on any atom is -0.384 e. The first kappa shape index (κ1) is 11.6. The Bertz CT molecular complexity index is 597. The predicted octanol–water partition coefficient (Wildman–Crippen LogP) is 3.53. The first-order chi connectivity index (χ1) is 8.66. The molecule has 92 valence electrons. The van der Waals surface area contributed by atoms with E-state index in [1.807, 2.05) is 37.4 Å². The van der Waals surface area contributed by atoms with Gasteiger partial charge in [0.2, 0.25) is 0 Å². The molecule has 3 heteroatoms. The van der Waals surface area contributed by atoms with Gasteiger partial charge in [0.05, 0.1) is 5.69 Å². The van der Waals surface area contributed by atoms with E-state index in [1.165, 1.54) is 5.56 Å². The monoisotopic (exact) mass is 257 g/mol. The van der Waals surface area contributed by atoms with Gasteiger partial charge in [-0.2, -0.15) is 0 Å². The van der Waals surface area contributed by atoms with Crippen molar-refractivity contribution in [2.75, 3.05) is 11.4 Å². The molecule has 0 bridgehead atoms. The van der Waals surface area contributed by atoms with E-state index in [-0.39, 0.29) is 0 Å². The van der Waals surface area contributed by atoms with Crippen LogP contribution in [0, 0.1) is 6.92 Å². The van der Waals surface area contributed by atoms with E-state index in [4.69, 9.17) is 0 Å². The number of hydrogen-bond donors (Lipinski definition) is 1. The molecule has 0 aromatic heterocycles. The van der Waals surface area contributed by atoms with Crippen molar-refractivity contribution in [3.63, 3.8) is 0 Å². The number of aliphatic hydroxyl groups excluding tert-OH is 1. The summed E-state index contributed by atoms with van der Waals surface area (Å²) in [5, 5.41) is 10.6. The maximum absolute atomic E-state index is 10.6. The summed E-state index contributed by atoms with van der Waals surface area (Å²) < 4.78 is 2.11. The van der Waals surface area contributed by atoms with Gasteiger partial charge in [-0.05, 0) is 36.6 Å². The van der Waals surface area contributed by atoms with Crippen LogP contribution in [0.2, 0.25) is 0 Å². The topological polar surface area (TPSA) is 23.5 Å². The van der Waals surface area contributed by atoms with Crippen LogP contribution in [0.25, 0.3) is 0 Å². The van der Waals surface area contributed by atoms with Crippen LogP contribution in [0.5, 0.6) is 0 Å². The van der Waals surface area contributed by atoms with Crippen molar-refractivity contribution in [2.45, 2.75) is 17.9 Å². The van der Waals surface area contributed by atoms with Crippen LogP contribution in [0.4, 0.5) is 5.69 Å². The smallest absolute Gasteiger partial charge is 0.107 e. The summed E-state index contributed by atoms with van der Waals surface area (Å²) in [5.74, 6) is 0. The molecule has 0 saturated carbocycles. The summed E-state index contributed by atoms with van der Waals surface area (Å²) in [6, 6.07) is 14.2. The molecule has 1 unspecified atom stereocenters. The van der Waals surface area contributed by atoms with E-state index in [0.717, 1.165) is 21.7 Å². The molecule has 0 saturated heterocycles. The largest absolute Gasteiger partial charge is 0.384 e. The van der Waals surface area contributed by atoms with Crippen LogP contribution in [0.3, 0.4) is 0 Å². The summed E-state index contributed by atoms with van der Waals surface area (Å²) in [6.45, 7) is 2.07. The molecule has 1 atom stereocenters. The molecular weight excluding hydrogens is 242 g/mol. The van der Waals surface area contributed by atoms with Crippen LogP contribution >= 0.6 is 11.9 Å². The molecule has 1 aliphatic heterocycles. The van der Waals surface area contributed by atoms with Gasteiger partial charge in [-0.25, -0.2) is 0 Å². The van der Waals surface area contributed by atoms with E-state index in [0.29, 0.717) is 0 Å². The third-order valence-corrected chi connectivity index (χ3v) is 4.29. The molecule has 0 aliphatic carbocycles. The predicted molar refractivity (Wildman–Crippen MR) is 75.9 cm³/mol. The van der Waals surface area contributed by atoms with E-state index < -0.39 is 6.10 Å². The Morgan fingerprint density at radius 3 is 2.72 bits per heavy atom. The number of para-hydroxylation sites is 1. The third-order valence-electron chi connectivity index (χ3n) is 3.27. The van der Waals surface area contributed by atoms with Crippen molar-refractivity contribution >= 4 is 17.6 Å². The zero-order valence-electron chi connectivity index (χ0n) is 10.4. The van der Waals surface area contributed by atoms with Gasteiger partial charge in [0.15, 0.2) is 0 Å². The highest BCUT2D eigenvalue weighted by atomic mass is 32.2. The number of rotatable bonds is 0. The quantitative estimate of drug-likeness (QED) is 0.730. The lowest BCUT2D eigenvalue weighted by molar-refractivity contribution is 0.218. The Labute approximate surface area is 111 Å². The van der Waals surface area contributed by atoms with E-state index in [2.05, 4.69) is 23.4 Å². The summed E-state index contributed by atoms with van der Waals surface area (Å²) in [4.78, 5) is 1.13.